The predicted octanol–water partition coefficient (Wildman–Crippen LogP) is 17.9. The number of nitrogens with zero attached hydrogens (tertiary/aromatic N) is 4. The van der Waals surface area contributed by atoms with Crippen molar-refractivity contribution < 1.29 is 52.7 Å². The summed E-state index contributed by atoms with van der Waals surface area (Å²) < 4.78 is 176. The fraction of sp³-hybridized carbons (Fsp3) is 0.0847. The molecule has 2 aliphatic rings. The van der Waals surface area contributed by atoms with Gasteiger partial charge < -0.3 is 9.80 Å². The van der Waals surface area contributed by atoms with E-state index in [1.54, 1.807) is 42.5 Å². The molecule has 0 bridgehead atoms. The molecule has 0 aliphatic heterocycles. The van der Waals surface area contributed by atoms with E-state index in [4.69, 9.17) is 0 Å². The second-order valence-corrected chi connectivity index (χ2v) is 17.9. The number of anilines is 6. The third-order valence-corrected chi connectivity index (χ3v) is 13.7. The van der Waals surface area contributed by atoms with Gasteiger partial charge >= 0.3 is 24.7 Å². The van der Waals surface area contributed by atoms with Crippen LogP contribution in [0.5, 0.6) is 0 Å². The molecule has 9 aromatic carbocycles. The van der Waals surface area contributed by atoms with Gasteiger partial charge in [0.1, 0.15) is 12.1 Å². The summed E-state index contributed by atoms with van der Waals surface area (Å²) in [5.41, 5.74) is -4.86. The number of fused-ring (bicyclic) bond motifs is 9. The molecule has 1 atom stereocenters. The highest BCUT2D eigenvalue weighted by Gasteiger charge is 2.51. The highest BCUT2D eigenvalue weighted by Crippen LogP contribution is 2.63. The van der Waals surface area contributed by atoms with E-state index >= 15 is 0 Å². The van der Waals surface area contributed by atoms with Gasteiger partial charge in [-0.3, -0.25) is 0 Å². The molecule has 4 nitrogen and oxygen atoms in total. The summed E-state index contributed by atoms with van der Waals surface area (Å²) in [7, 11) is 0. The molecule has 0 aromatic heterocycles. The maximum atomic E-state index is 14.6. The van der Waals surface area contributed by atoms with Crippen LogP contribution in [0.4, 0.5) is 86.8 Å². The molecule has 9 aromatic rings. The number of nitriles is 2. The van der Waals surface area contributed by atoms with Crippen LogP contribution in [0.2, 0.25) is 0 Å². The van der Waals surface area contributed by atoms with Gasteiger partial charge in [-0.15, -0.1) is 0 Å². The first-order valence-corrected chi connectivity index (χ1v) is 22.7. The van der Waals surface area contributed by atoms with Gasteiger partial charge in [0.25, 0.3) is 0 Å². The van der Waals surface area contributed by atoms with Gasteiger partial charge in [-0.2, -0.15) is 63.2 Å². The minimum absolute atomic E-state index is 0.00244. The lowest BCUT2D eigenvalue weighted by atomic mass is 9.61. The van der Waals surface area contributed by atoms with E-state index < -0.39 is 63.7 Å². The van der Waals surface area contributed by atoms with E-state index in [1.165, 1.54) is 60.7 Å². The summed E-state index contributed by atoms with van der Waals surface area (Å²) in [5.74, 6) is 0. The molecular formula is C59H30F12N4. The molecule has 16 heteroatoms. The van der Waals surface area contributed by atoms with Crippen LogP contribution in [0.3, 0.4) is 0 Å². The summed E-state index contributed by atoms with van der Waals surface area (Å²) >= 11 is 0. The van der Waals surface area contributed by atoms with E-state index in [2.05, 4.69) is 0 Å². The Morgan fingerprint density at radius 1 is 0.333 bits per heavy atom. The van der Waals surface area contributed by atoms with Crippen molar-refractivity contribution in [1.29, 1.82) is 10.5 Å². The molecule has 0 fully saturated rings. The Morgan fingerprint density at radius 3 is 1.16 bits per heavy atom. The van der Waals surface area contributed by atoms with Crippen molar-refractivity contribution in [3.8, 4) is 34.4 Å². The molecule has 0 N–H and O–H groups in total. The lowest BCUT2D eigenvalue weighted by Crippen LogP contribution is -2.32. The third-order valence-electron chi connectivity index (χ3n) is 13.7. The number of hydrogen-bond acceptors (Lipinski definition) is 4. The van der Waals surface area contributed by atoms with Crippen LogP contribution in [-0.4, -0.2) is 0 Å². The van der Waals surface area contributed by atoms with Crippen molar-refractivity contribution >= 4 is 44.9 Å². The minimum atomic E-state index is -5.25. The van der Waals surface area contributed by atoms with Crippen molar-refractivity contribution in [3.05, 3.63) is 238 Å². The Bertz CT molecular complexity index is 3840. The monoisotopic (exact) mass is 1020 g/mol. The van der Waals surface area contributed by atoms with Crippen molar-refractivity contribution in [2.75, 3.05) is 9.80 Å². The van der Waals surface area contributed by atoms with Crippen LogP contribution in [-0.2, 0) is 30.1 Å². The Balaban J connectivity index is 1.26. The van der Waals surface area contributed by atoms with Crippen LogP contribution < -0.4 is 9.80 Å². The van der Waals surface area contributed by atoms with Crippen LogP contribution in [0.1, 0.15) is 55.6 Å². The molecule has 0 heterocycles. The normalized spacial score (nSPS) is 14.7. The standard InChI is InChI=1S/C59H30F12N4/c60-56(61,62)36-23-37(57(63,64)65)26-42(25-36)74(52-17-5-1-9-34(52)31-72)40-19-21-45-44-13-3-4-15-48(44)55(50(45)29-40)49-16-8-12-33-11-7-14-47(54(33)49)46-22-20-41(30-51(46)55)75(53-18-6-2-10-35(53)32-73)43-27-38(58(66,67)68)24-39(28-43)59(69,70)71/h1-30H. The highest BCUT2D eigenvalue weighted by atomic mass is 19.4. The predicted molar refractivity (Wildman–Crippen MR) is 259 cm³/mol. The zero-order valence-electron chi connectivity index (χ0n) is 38.1. The second kappa shape index (κ2) is 17.0. The lowest BCUT2D eigenvalue weighted by Gasteiger charge is -2.41. The minimum Gasteiger partial charge on any atom is -0.309 e. The number of alkyl halides is 12. The van der Waals surface area contributed by atoms with Gasteiger partial charge in [-0.1, -0.05) is 97.1 Å². The lowest BCUT2D eigenvalue weighted by molar-refractivity contribution is -0.144. The fourth-order valence-corrected chi connectivity index (χ4v) is 10.7. The molecule has 0 saturated heterocycles. The third kappa shape index (κ3) is 7.78. The number of halogens is 12. The molecule has 0 amide bonds. The highest BCUT2D eigenvalue weighted by molar-refractivity contribution is 6.08. The second-order valence-electron chi connectivity index (χ2n) is 17.9. The van der Waals surface area contributed by atoms with E-state index in [1.807, 2.05) is 54.6 Å². The average molecular weight is 1020 g/mol. The first kappa shape index (κ1) is 48.3. The van der Waals surface area contributed by atoms with E-state index in [0.29, 0.717) is 68.8 Å². The molecule has 370 valence electrons. The summed E-state index contributed by atoms with van der Waals surface area (Å²) in [6, 6.07) is 45.6. The number of hydrogen-bond donors (Lipinski definition) is 0. The van der Waals surface area contributed by atoms with Crippen molar-refractivity contribution in [1.82, 2.24) is 0 Å². The molecule has 1 spiro atoms. The van der Waals surface area contributed by atoms with Crippen molar-refractivity contribution in [2.24, 2.45) is 0 Å². The summed E-state index contributed by atoms with van der Waals surface area (Å²) in [6.45, 7) is 0. The van der Waals surface area contributed by atoms with Gasteiger partial charge in [0.2, 0.25) is 0 Å². The number of benzene rings is 9. The van der Waals surface area contributed by atoms with Crippen LogP contribution in [0.25, 0.3) is 33.0 Å². The Hall–Kier alpha value is -9.02. The Labute approximate surface area is 418 Å². The molecule has 75 heavy (non-hydrogen) atoms. The first-order valence-electron chi connectivity index (χ1n) is 22.7. The van der Waals surface area contributed by atoms with Gasteiger partial charge in [0.05, 0.1) is 50.2 Å². The largest absolute Gasteiger partial charge is 0.416 e. The maximum Gasteiger partial charge on any atom is 0.416 e. The maximum absolute atomic E-state index is 14.6. The molecular weight excluding hydrogens is 993 g/mol. The molecule has 0 radical (unpaired) electrons. The van der Waals surface area contributed by atoms with Gasteiger partial charge in [0.15, 0.2) is 0 Å². The first-order chi connectivity index (χ1) is 35.6. The van der Waals surface area contributed by atoms with E-state index in [0.717, 1.165) is 20.6 Å². The zero-order chi connectivity index (χ0) is 53.0. The number of para-hydroxylation sites is 2. The van der Waals surface area contributed by atoms with E-state index in [-0.39, 0.29) is 46.0 Å². The van der Waals surface area contributed by atoms with Gasteiger partial charge in [0, 0.05) is 22.7 Å². The van der Waals surface area contributed by atoms with Crippen molar-refractivity contribution in [2.45, 2.75) is 30.1 Å². The summed E-state index contributed by atoms with van der Waals surface area (Å²) in [6.07, 6.45) is -21.0. The van der Waals surface area contributed by atoms with Gasteiger partial charge in [-0.25, -0.2) is 0 Å². The topological polar surface area (TPSA) is 54.1 Å². The summed E-state index contributed by atoms with van der Waals surface area (Å²) in [5, 5.41) is 22.3. The van der Waals surface area contributed by atoms with Crippen molar-refractivity contribution in [3.63, 3.8) is 0 Å². The molecule has 0 saturated carbocycles. The van der Waals surface area contributed by atoms with Crippen LogP contribution in [0, 0.1) is 22.7 Å². The van der Waals surface area contributed by atoms with Crippen LogP contribution >= 0.6 is 0 Å². The zero-order valence-corrected chi connectivity index (χ0v) is 38.1. The van der Waals surface area contributed by atoms with E-state index in [9.17, 15) is 63.2 Å². The summed E-state index contributed by atoms with van der Waals surface area (Å²) in [4.78, 5) is 2.28. The van der Waals surface area contributed by atoms with Crippen LogP contribution in [0.15, 0.2) is 182 Å². The number of rotatable bonds is 6. The van der Waals surface area contributed by atoms with Gasteiger partial charge in [-0.05, 0) is 140 Å². The Morgan fingerprint density at radius 2 is 0.707 bits per heavy atom. The molecule has 1 unspecified atom stereocenters. The fourth-order valence-electron chi connectivity index (χ4n) is 10.7. The molecule has 11 rings (SSSR count). The smallest absolute Gasteiger partial charge is 0.309 e. The Kier molecular flexibility index (Phi) is 11.0. The quantitative estimate of drug-likeness (QED) is 0.156. The molecule has 2 aliphatic carbocycles. The average Bonchev–Trinajstić information content (AvgIpc) is 3.79. The SMILES string of the molecule is N#Cc1ccccc1N(c1cc(C(F)(F)F)cc(C(F)(F)F)c1)c1ccc2c(c1)C1(c3ccccc3-2)c2cc(N(c3cc(C(F)(F)F)cc(C(F)(F)F)c3)c3ccccc3C#N)ccc2-c2cccc3cccc1c23.